The van der Waals surface area contributed by atoms with E-state index >= 15 is 0 Å². The van der Waals surface area contributed by atoms with Crippen molar-refractivity contribution in [3.63, 3.8) is 0 Å². The number of aryl methyl sites for hydroxylation is 1. The van der Waals surface area contributed by atoms with Crippen molar-refractivity contribution in [1.82, 2.24) is 9.80 Å². The van der Waals surface area contributed by atoms with Crippen LogP contribution in [0.15, 0.2) is 18.2 Å². The number of piperazine rings is 1. The SMILES string of the molecule is COC(=O)c1ccc(C)c(NC(=O)CN2CCN(CC(F)(F)F)CC2)c1. The number of rotatable bonds is 5. The topological polar surface area (TPSA) is 61.9 Å². The summed E-state index contributed by atoms with van der Waals surface area (Å²) < 4.78 is 41.8. The van der Waals surface area contributed by atoms with Crippen molar-refractivity contribution in [2.24, 2.45) is 0 Å². The lowest BCUT2D eigenvalue weighted by atomic mass is 10.1. The number of anilines is 1. The van der Waals surface area contributed by atoms with Crippen molar-refractivity contribution in [3.05, 3.63) is 29.3 Å². The van der Waals surface area contributed by atoms with Gasteiger partial charge in [-0.15, -0.1) is 0 Å². The van der Waals surface area contributed by atoms with E-state index < -0.39 is 18.7 Å². The predicted molar refractivity (Wildman–Crippen MR) is 90.1 cm³/mol. The smallest absolute Gasteiger partial charge is 0.401 e. The Morgan fingerprint density at radius 1 is 1.15 bits per heavy atom. The van der Waals surface area contributed by atoms with Crippen molar-refractivity contribution in [2.45, 2.75) is 13.1 Å². The summed E-state index contributed by atoms with van der Waals surface area (Å²) in [5.41, 5.74) is 1.63. The third-order valence-electron chi connectivity index (χ3n) is 4.17. The maximum Gasteiger partial charge on any atom is 0.401 e. The fraction of sp³-hybridized carbons (Fsp3) is 0.529. The Bertz CT molecular complexity index is 656. The lowest BCUT2D eigenvalue weighted by Crippen LogP contribution is -2.50. The first-order valence-corrected chi connectivity index (χ1v) is 8.18. The van der Waals surface area contributed by atoms with Crippen molar-refractivity contribution >= 4 is 17.6 Å². The Balaban J connectivity index is 1.87. The number of hydrogen-bond acceptors (Lipinski definition) is 5. The third kappa shape index (κ3) is 5.99. The zero-order valence-electron chi connectivity index (χ0n) is 14.7. The molecule has 0 unspecified atom stereocenters. The van der Waals surface area contributed by atoms with E-state index in [4.69, 9.17) is 0 Å². The molecule has 26 heavy (non-hydrogen) atoms. The molecule has 144 valence electrons. The molecule has 1 saturated heterocycles. The van der Waals surface area contributed by atoms with E-state index in [0.29, 0.717) is 24.3 Å². The molecule has 9 heteroatoms. The van der Waals surface area contributed by atoms with E-state index in [1.165, 1.54) is 12.0 Å². The lowest BCUT2D eigenvalue weighted by Gasteiger charge is -2.34. The second-order valence-corrected chi connectivity index (χ2v) is 6.24. The van der Waals surface area contributed by atoms with E-state index in [9.17, 15) is 22.8 Å². The minimum absolute atomic E-state index is 0.0851. The minimum Gasteiger partial charge on any atom is -0.465 e. The zero-order chi connectivity index (χ0) is 19.3. The van der Waals surface area contributed by atoms with Crippen LogP contribution in [0.4, 0.5) is 18.9 Å². The summed E-state index contributed by atoms with van der Waals surface area (Å²) in [5.74, 6) is -0.777. The van der Waals surface area contributed by atoms with Crippen LogP contribution < -0.4 is 5.32 Å². The Morgan fingerprint density at radius 2 is 1.77 bits per heavy atom. The molecule has 1 aromatic carbocycles. The van der Waals surface area contributed by atoms with Crippen LogP contribution in [-0.4, -0.2) is 74.2 Å². The number of nitrogens with one attached hydrogen (secondary N) is 1. The highest BCUT2D eigenvalue weighted by Crippen LogP contribution is 2.19. The number of halogens is 3. The molecule has 1 aliphatic heterocycles. The number of benzene rings is 1. The largest absolute Gasteiger partial charge is 0.465 e. The van der Waals surface area contributed by atoms with Crippen LogP contribution in [-0.2, 0) is 9.53 Å². The summed E-state index contributed by atoms with van der Waals surface area (Å²) >= 11 is 0. The van der Waals surface area contributed by atoms with Crippen LogP contribution in [0.2, 0.25) is 0 Å². The van der Waals surface area contributed by atoms with Gasteiger partial charge >= 0.3 is 12.1 Å². The van der Waals surface area contributed by atoms with Gasteiger partial charge in [0, 0.05) is 31.9 Å². The first-order chi connectivity index (χ1) is 12.2. The minimum atomic E-state index is -4.21. The van der Waals surface area contributed by atoms with Gasteiger partial charge in [0.1, 0.15) is 0 Å². The standard InChI is InChI=1S/C17H22F3N3O3/c1-12-3-4-13(16(25)26-2)9-14(12)21-15(24)10-22-5-7-23(8-6-22)11-17(18,19)20/h3-4,9H,5-8,10-11H2,1-2H3,(H,21,24). The van der Waals surface area contributed by atoms with Gasteiger partial charge in [-0.2, -0.15) is 13.2 Å². The fourth-order valence-electron chi connectivity index (χ4n) is 2.75. The zero-order valence-corrected chi connectivity index (χ0v) is 14.7. The summed E-state index contributed by atoms with van der Waals surface area (Å²) in [4.78, 5) is 27.0. The van der Waals surface area contributed by atoms with Gasteiger partial charge in [0.25, 0.3) is 0 Å². The lowest BCUT2D eigenvalue weighted by molar-refractivity contribution is -0.149. The predicted octanol–water partition coefficient (Wildman–Crippen LogP) is 1.90. The van der Waals surface area contributed by atoms with E-state index in [0.717, 1.165) is 5.56 Å². The molecule has 6 nitrogen and oxygen atoms in total. The molecule has 1 N–H and O–H groups in total. The Morgan fingerprint density at radius 3 is 2.35 bits per heavy atom. The van der Waals surface area contributed by atoms with Crippen molar-refractivity contribution < 1.29 is 27.5 Å². The van der Waals surface area contributed by atoms with Gasteiger partial charge in [0.05, 0.1) is 25.8 Å². The highest BCUT2D eigenvalue weighted by atomic mass is 19.4. The molecule has 1 amide bonds. The van der Waals surface area contributed by atoms with Gasteiger partial charge in [-0.1, -0.05) is 6.07 Å². The molecule has 0 atom stereocenters. The second kappa shape index (κ2) is 8.50. The summed E-state index contributed by atoms with van der Waals surface area (Å²) in [7, 11) is 1.28. The first kappa shape index (κ1) is 20.2. The molecule has 2 rings (SSSR count). The molecular weight excluding hydrogens is 351 g/mol. The van der Waals surface area contributed by atoms with Crippen molar-refractivity contribution in [1.29, 1.82) is 0 Å². The monoisotopic (exact) mass is 373 g/mol. The van der Waals surface area contributed by atoms with Gasteiger partial charge < -0.3 is 10.1 Å². The maximum atomic E-state index is 12.4. The Hall–Kier alpha value is -2.13. The summed E-state index contributed by atoms with van der Waals surface area (Å²) in [5, 5.41) is 2.74. The summed E-state index contributed by atoms with van der Waals surface area (Å²) in [6.45, 7) is 2.28. The van der Waals surface area contributed by atoms with Gasteiger partial charge in [0.15, 0.2) is 0 Å². The molecule has 0 bridgehead atoms. The van der Waals surface area contributed by atoms with Crippen LogP contribution in [0, 0.1) is 6.92 Å². The summed E-state index contributed by atoms with van der Waals surface area (Å²) in [6, 6.07) is 4.86. The number of esters is 1. The van der Waals surface area contributed by atoms with Crippen LogP contribution in [0.3, 0.4) is 0 Å². The third-order valence-corrected chi connectivity index (χ3v) is 4.17. The molecule has 1 aliphatic rings. The van der Waals surface area contributed by atoms with Crippen LogP contribution in [0.25, 0.3) is 0 Å². The van der Waals surface area contributed by atoms with E-state index in [1.807, 2.05) is 4.90 Å². The molecule has 0 spiro atoms. The highest BCUT2D eigenvalue weighted by molar-refractivity contribution is 5.96. The van der Waals surface area contributed by atoms with E-state index in [-0.39, 0.29) is 25.5 Å². The maximum absolute atomic E-state index is 12.4. The average molecular weight is 373 g/mol. The quantitative estimate of drug-likeness (QED) is 0.799. The number of carbonyl (C=O) groups is 2. The number of hydrogen-bond donors (Lipinski definition) is 1. The van der Waals surface area contributed by atoms with Crippen LogP contribution >= 0.6 is 0 Å². The molecule has 0 aromatic heterocycles. The number of carbonyl (C=O) groups excluding carboxylic acids is 2. The number of methoxy groups -OCH3 is 1. The van der Waals surface area contributed by atoms with Gasteiger partial charge in [-0.25, -0.2) is 4.79 Å². The molecule has 1 aromatic rings. The molecule has 1 heterocycles. The van der Waals surface area contributed by atoms with Gasteiger partial charge in [0.2, 0.25) is 5.91 Å². The van der Waals surface area contributed by atoms with Gasteiger partial charge in [-0.05, 0) is 24.6 Å². The number of nitrogens with zero attached hydrogens (tertiary/aromatic N) is 2. The molecule has 0 radical (unpaired) electrons. The molecule has 1 fully saturated rings. The average Bonchev–Trinajstić information content (AvgIpc) is 2.56. The number of amides is 1. The van der Waals surface area contributed by atoms with Crippen molar-refractivity contribution in [3.8, 4) is 0 Å². The highest BCUT2D eigenvalue weighted by Gasteiger charge is 2.32. The Kier molecular flexibility index (Phi) is 6.60. The first-order valence-electron chi connectivity index (χ1n) is 8.18. The normalized spacial score (nSPS) is 16.3. The van der Waals surface area contributed by atoms with Gasteiger partial charge in [-0.3, -0.25) is 14.6 Å². The molecule has 0 aliphatic carbocycles. The van der Waals surface area contributed by atoms with Crippen LogP contribution in [0.5, 0.6) is 0 Å². The number of ether oxygens (including phenoxy) is 1. The summed E-state index contributed by atoms with van der Waals surface area (Å²) in [6.07, 6.45) is -4.21. The molecular formula is C17H22F3N3O3. The fourth-order valence-corrected chi connectivity index (χ4v) is 2.75. The van der Waals surface area contributed by atoms with E-state index in [1.54, 1.807) is 25.1 Å². The van der Waals surface area contributed by atoms with E-state index in [2.05, 4.69) is 10.1 Å². The van der Waals surface area contributed by atoms with Crippen LogP contribution in [0.1, 0.15) is 15.9 Å². The number of alkyl halides is 3. The Labute approximate surface area is 149 Å². The van der Waals surface area contributed by atoms with Crippen molar-refractivity contribution in [2.75, 3.05) is 51.7 Å². The molecule has 0 saturated carbocycles. The second-order valence-electron chi connectivity index (χ2n) is 6.24.